The molecular formula is C48H36N4. The summed E-state index contributed by atoms with van der Waals surface area (Å²) < 4.78 is 0. The van der Waals surface area contributed by atoms with Crippen LogP contribution in [0.2, 0.25) is 0 Å². The number of pyridine rings is 1. The average Bonchev–Trinajstić information content (AvgIpc) is 3.48. The summed E-state index contributed by atoms with van der Waals surface area (Å²) in [7, 11) is 0. The summed E-state index contributed by atoms with van der Waals surface area (Å²) in [4.78, 5) is 19.8. The number of hydrogen-bond acceptors (Lipinski definition) is 4. The molecule has 8 aromatic rings. The third-order valence-electron chi connectivity index (χ3n) is 11.2. The largest absolute Gasteiger partial charge is 0.264 e. The first-order valence-electron chi connectivity index (χ1n) is 18.3. The lowest BCUT2D eigenvalue weighted by atomic mass is 9.67. The van der Waals surface area contributed by atoms with Gasteiger partial charge in [-0.1, -0.05) is 141 Å². The van der Waals surface area contributed by atoms with Crippen LogP contribution in [0.5, 0.6) is 0 Å². The maximum atomic E-state index is 5.19. The predicted molar refractivity (Wildman–Crippen MR) is 212 cm³/mol. The van der Waals surface area contributed by atoms with Crippen molar-refractivity contribution in [1.82, 2.24) is 19.9 Å². The van der Waals surface area contributed by atoms with Gasteiger partial charge in [-0.2, -0.15) is 0 Å². The van der Waals surface area contributed by atoms with E-state index in [1.165, 1.54) is 58.0 Å². The lowest BCUT2D eigenvalue weighted by molar-refractivity contribution is 0.353. The Labute approximate surface area is 304 Å². The zero-order chi connectivity index (χ0) is 34.5. The highest BCUT2D eigenvalue weighted by molar-refractivity contribution is 5.90. The lowest BCUT2D eigenvalue weighted by Crippen LogP contribution is -2.28. The molecule has 2 heterocycles. The maximum absolute atomic E-state index is 5.19. The Kier molecular flexibility index (Phi) is 7.35. The Balaban J connectivity index is 1.12. The first kappa shape index (κ1) is 30.6. The van der Waals surface area contributed by atoms with Crippen LogP contribution in [0.1, 0.15) is 43.2 Å². The molecule has 0 atom stereocenters. The van der Waals surface area contributed by atoms with Crippen molar-refractivity contribution in [3.05, 3.63) is 169 Å². The van der Waals surface area contributed by atoms with Gasteiger partial charge >= 0.3 is 0 Å². The third kappa shape index (κ3) is 5.13. The molecule has 0 bridgehead atoms. The fourth-order valence-corrected chi connectivity index (χ4v) is 8.67. The van der Waals surface area contributed by atoms with Crippen LogP contribution >= 0.6 is 0 Å². The van der Waals surface area contributed by atoms with Crippen LogP contribution in [0.3, 0.4) is 0 Å². The third-order valence-corrected chi connectivity index (χ3v) is 11.2. The number of fused-ring (bicyclic) bond motifs is 6. The molecule has 6 aromatic carbocycles. The quantitative estimate of drug-likeness (QED) is 0.183. The summed E-state index contributed by atoms with van der Waals surface area (Å²) in [5, 5.41) is 2.35. The Morgan fingerprint density at radius 2 is 1.00 bits per heavy atom. The zero-order valence-corrected chi connectivity index (χ0v) is 28.8. The average molecular weight is 669 g/mol. The van der Waals surface area contributed by atoms with Gasteiger partial charge < -0.3 is 0 Å². The van der Waals surface area contributed by atoms with Crippen LogP contribution in [0.25, 0.3) is 78.3 Å². The molecule has 4 heteroatoms. The van der Waals surface area contributed by atoms with Crippen LogP contribution < -0.4 is 0 Å². The van der Waals surface area contributed by atoms with Gasteiger partial charge in [-0.25, -0.2) is 15.0 Å². The van der Waals surface area contributed by atoms with Crippen molar-refractivity contribution in [2.75, 3.05) is 0 Å². The number of nitrogens with zero attached hydrogens (tertiary/aromatic N) is 4. The normalized spacial score (nSPS) is 14.3. The molecule has 0 unspecified atom stereocenters. The summed E-state index contributed by atoms with van der Waals surface area (Å²) in [6, 6.07) is 52.0. The molecule has 1 fully saturated rings. The van der Waals surface area contributed by atoms with Gasteiger partial charge in [0.05, 0.1) is 0 Å². The van der Waals surface area contributed by atoms with E-state index in [1.54, 1.807) is 0 Å². The standard InChI is InChI=1S/C48H36N4/c1-3-13-33(14-4-1)45-50-46(37-20-19-32-12-5-6-15-34(32)28-37)52-47(51-45)42-18-8-7-17-39(42)36-22-24-41-40-23-21-35(38-16-11-27-49-31-38)29-43(40)48(44(41)30-36)25-9-2-10-26-48/h1,3-8,11-24,27-31H,2,9-10,25-26H2. The minimum absolute atomic E-state index is 0.00296. The molecule has 0 amide bonds. The van der Waals surface area contributed by atoms with Gasteiger partial charge in [-0.05, 0) is 92.4 Å². The smallest absolute Gasteiger partial charge is 0.164 e. The van der Waals surface area contributed by atoms with E-state index in [2.05, 4.69) is 126 Å². The molecule has 1 spiro atoms. The molecule has 52 heavy (non-hydrogen) atoms. The summed E-state index contributed by atoms with van der Waals surface area (Å²) >= 11 is 0. The monoisotopic (exact) mass is 668 g/mol. The minimum Gasteiger partial charge on any atom is -0.264 e. The Hall–Kier alpha value is -6.26. The van der Waals surface area contributed by atoms with E-state index in [0.29, 0.717) is 17.5 Å². The molecule has 0 N–H and O–H groups in total. The van der Waals surface area contributed by atoms with Crippen LogP contribution in [0, 0.1) is 0 Å². The first-order valence-corrected chi connectivity index (χ1v) is 18.3. The molecule has 0 radical (unpaired) electrons. The molecular weight excluding hydrogens is 633 g/mol. The number of hydrogen-bond donors (Lipinski definition) is 0. The molecule has 4 nitrogen and oxygen atoms in total. The van der Waals surface area contributed by atoms with Crippen LogP contribution in [-0.2, 0) is 5.41 Å². The summed E-state index contributed by atoms with van der Waals surface area (Å²) in [5.74, 6) is 2.00. The van der Waals surface area contributed by atoms with E-state index in [0.717, 1.165) is 46.0 Å². The summed E-state index contributed by atoms with van der Waals surface area (Å²) in [6.07, 6.45) is 9.92. The van der Waals surface area contributed by atoms with Crippen molar-refractivity contribution in [2.45, 2.75) is 37.5 Å². The topological polar surface area (TPSA) is 51.6 Å². The SMILES string of the molecule is c1ccc(-c2nc(-c3ccc4ccccc4c3)nc(-c3ccccc3-c3ccc4c(c3)C3(CCCCC3)c3cc(-c5cccnc5)ccc3-4)n2)cc1. The molecule has 10 rings (SSSR count). The Morgan fingerprint density at radius 1 is 0.385 bits per heavy atom. The second-order valence-corrected chi connectivity index (χ2v) is 14.2. The van der Waals surface area contributed by atoms with Gasteiger partial charge in [0.1, 0.15) is 0 Å². The van der Waals surface area contributed by atoms with Crippen molar-refractivity contribution < 1.29 is 0 Å². The van der Waals surface area contributed by atoms with E-state index in [9.17, 15) is 0 Å². The molecule has 248 valence electrons. The van der Waals surface area contributed by atoms with Crippen molar-refractivity contribution in [1.29, 1.82) is 0 Å². The highest BCUT2D eigenvalue weighted by atomic mass is 15.0. The Bertz CT molecular complexity index is 2610. The fourth-order valence-electron chi connectivity index (χ4n) is 8.67. The maximum Gasteiger partial charge on any atom is 0.164 e. The minimum atomic E-state index is 0.00296. The van der Waals surface area contributed by atoms with Crippen molar-refractivity contribution in [3.63, 3.8) is 0 Å². The number of aromatic nitrogens is 4. The highest BCUT2D eigenvalue weighted by Gasteiger charge is 2.44. The zero-order valence-electron chi connectivity index (χ0n) is 28.8. The van der Waals surface area contributed by atoms with Gasteiger partial charge in [-0.3, -0.25) is 4.98 Å². The molecule has 1 saturated carbocycles. The van der Waals surface area contributed by atoms with E-state index < -0.39 is 0 Å². The Morgan fingerprint density at radius 3 is 1.77 bits per heavy atom. The van der Waals surface area contributed by atoms with Gasteiger partial charge in [0.25, 0.3) is 0 Å². The van der Waals surface area contributed by atoms with Gasteiger partial charge in [0, 0.05) is 34.5 Å². The molecule has 2 aliphatic rings. The molecule has 0 saturated heterocycles. The van der Waals surface area contributed by atoms with Gasteiger partial charge in [-0.15, -0.1) is 0 Å². The first-order chi connectivity index (χ1) is 25.7. The van der Waals surface area contributed by atoms with E-state index in [1.807, 2.05) is 36.7 Å². The second-order valence-electron chi connectivity index (χ2n) is 14.2. The molecule has 0 aliphatic heterocycles. The van der Waals surface area contributed by atoms with Crippen LogP contribution in [0.15, 0.2) is 158 Å². The van der Waals surface area contributed by atoms with Crippen molar-refractivity contribution in [3.8, 4) is 67.5 Å². The number of benzene rings is 6. The highest BCUT2D eigenvalue weighted by Crippen LogP contribution is 2.57. The van der Waals surface area contributed by atoms with E-state index in [-0.39, 0.29) is 5.41 Å². The van der Waals surface area contributed by atoms with Gasteiger partial charge in [0.2, 0.25) is 0 Å². The summed E-state index contributed by atoms with van der Waals surface area (Å²) in [5.41, 5.74) is 13.3. The van der Waals surface area contributed by atoms with Gasteiger partial charge in [0.15, 0.2) is 17.5 Å². The number of rotatable bonds is 5. The summed E-state index contributed by atoms with van der Waals surface area (Å²) in [6.45, 7) is 0. The van der Waals surface area contributed by atoms with E-state index >= 15 is 0 Å². The van der Waals surface area contributed by atoms with Crippen LogP contribution in [0.4, 0.5) is 0 Å². The van der Waals surface area contributed by atoms with E-state index in [4.69, 9.17) is 15.0 Å². The lowest BCUT2D eigenvalue weighted by Gasteiger charge is -2.36. The van der Waals surface area contributed by atoms with Crippen molar-refractivity contribution >= 4 is 10.8 Å². The fraction of sp³-hybridized carbons (Fsp3) is 0.125. The van der Waals surface area contributed by atoms with Crippen molar-refractivity contribution in [2.24, 2.45) is 0 Å². The second kappa shape index (κ2) is 12.5. The predicted octanol–water partition coefficient (Wildman–Crippen LogP) is 12.0. The van der Waals surface area contributed by atoms with Crippen LogP contribution in [-0.4, -0.2) is 19.9 Å². The molecule has 2 aliphatic carbocycles. The molecule has 2 aromatic heterocycles.